The molecule has 0 heterocycles. The molecule has 19 heavy (non-hydrogen) atoms. The van der Waals surface area contributed by atoms with Gasteiger partial charge in [0.1, 0.15) is 19.0 Å². The first-order valence-corrected chi connectivity index (χ1v) is 4.88. The third-order valence-corrected chi connectivity index (χ3v) is 1.88. The van der Waals surface area contributed by atoms with Gasteiger partial charge in [0.2, 0.25) is 0 Å². The first kappa shape index (κ1) is 20.0. The van der Waals surface area contributed by atoms with Gasteiger partial charge in [-0.3, -0.25) is 0 Å². The van der Waals surface area contributed by atoms with Crippen molar-refractivity contribution in [1.29, 1.82) is 0 Å². The second-order valence-electron chi connectivity index (χ2n) is 3.06. The number of carbonyl (C=O) groups excluding carboxylic acids is 2. The van der Waals surface area contributed by atoms with Crippen molar-refractivity contribution in [2.24, 2.45) is 0 Å². The van der Waals surface area contributed by atoms with Crippen molar-refractivity contribution in [3.8, 4) is 0 Å². The summed E-state index contributed by atoms with van der Waals surface area (Å²) in [4.78, 5) is 21.6. The van der Waals surface area contributed by atoms with E-state index in [-0.39, 0.29) is 0 Å². The van der Waals surface area contributed by atoms with E-state index in [4.69, 9.17) is 20.4 Å². The Labute approximate surface area is 108 Å². The molecule has 0 aromatic rings. The van der Waals surface area contributed by atoms with Gasteiger partial charge >= 0.3 is 11.9 Å². The van der Waals surface area contributed by atoms with Crippen molar-refractivity contribution in [3.63, 3.8) is 0 Å². The van der Waals surface area contributed by atoms with Crippen LogP contribution in [0.3, 0.4) is 0 Å². The van der Waals surface area contributed by atoms with Gasteiger partial charge in [0.05, 0.1) is 14.2 Å². The second kappa shape index (κ2) is 10.6. The molecule has 0 radical (unpaired) electrons. The molecule has 0 aliphatic carbocycles. The zero-order valence-corrected chi connectivity index (χ0v) is 10.3. The Morgan fingerprint density at radius 1 is 0.842 bits per heavy atom. The lowest BCUT2D eigenvalue weighted by Gasteiger charge is -2.23. The van der Waals surface area contributed by atoms with Gasteiger partial charge in [-0.2, -0.15) is 0 Å². The van der Waals surface area contributed by atoms with Crippen LogP contribution in [0.5, 0.6) is 0 Å². The highest BCUT2D eigenvalue weighted by Gasteiger charge is 2.38. The number of ether oxygens (including phenoxy) is 2. The molecule has 0 spiro atoms. The lowest BCUT2D eigenvalue weighted by molar-refractivity contribution is -0.176. The normalized spacial score (nSPS) is 16.2. The molecule has 0 rings (SSSR count). The number of carbonyl (C=O) groups is 2. The number of aliphatic hydroxyl groups is 6. The summed E-state index contributed by atoms with van der Waals surface area (Å²) in [6.45, 7) is -0.750. The van der Waals surface area contributed by atoms with Crippen LogP contribution in [0, 0.1) is 0 Å². The predicted molar refractivity (Wildman–Crippen MR) is 57.4 cm³/mol. The van der Waals surface area contributed by atoms with Gasteiger partial charge in [-0.25, -0.2) is 9.59 Å². The first-order valence-electron chi connectivity index (χ1n) is 4.88. The molecule has 0 aliphatic heterocycles. The zero-order chi connectivity index (χ0) is 15.6. The van der Waals surface area contributed by atoms with Crippen molar-refractivity contribution in [3.05, 3.63) is 0 Å². The summed E-state index contributed by atoms with van der Waals surface area (Å²) in [6, 6.07) is 0. The molecule has 0 bridgehead atoms. The second-order valence-corrected chi connectivity index (χ2v) is 3.06. The maximum absolute atomic E-state index is 10.8. The molecule has 6 N–H and O–H groups in total. The Bertz CT molecular complexity index is 242. The third kappa shape index (κ3) is 7.00. The SMILES string of the molecule is COC(=O)C(O)C(O)C(O)C(O)C(=O)OC.OCO. The van der Waals surface area contributed by atoms with E-state index >= 15 is 0 Å². The van der Waals surface area contributed by atoms with Crippen LogP contribution < -0.4 is 0 Å². The average molecular weight is 286 g/mol. The lowest BCUT2D eigenvalue weighted by atomic mass is 10.0. The fourth-order valence-electron chi connectivity index (χ4n) is 0.894. The molecule has 0 saturated carbocycles. The number of aliphatic hydroxyl groups excluding tert-OH is 5. The average Bonchev–Trinajstić information content (AvgIpc) is 2.42. The molecule has 10 nitrogen and oxygen atoms in total. The number of methoxy groups -OCH3 is 2. The van der Waals surface area contributed by atoms with Gasteiger partial charge in [0.15, 0.2) is 12.2 Å². The van der Waals surface area contributed by atoms with Crippen molar-refractivity contribution in [2.75, 3.05) is 21.0 Å². The smallest absolute Gasteiger partial charge is 0.337 e. The molecule has 0 aromatic carbocycles. The molecule has 10 heteroatoms. The number of rotatable bonds is 5. The van der Waals surface area contributed by atoms with E-state index in [0.717, 1.165) is 14.2 Å². The van der Waals surface area contributed by atoms with Crippen LogP contribution in [0.1, 0.15) is 0 Å². The summed E-state index contributed by atoms with van der Waals surface area (Å²) in [7, 11) is 1.92. The summed E-state index contributed by atoms with van der Waals surface area (Å²) in [5.74, 6) is -2.41. The number of esters is 2. The minimum absolute atomic E-state index is 0.750. The topological polar surface area (TPSA) is 174 Å². The molecule has 0 aromatic heterocycles. The van der Waals surface area contributed by atoms with E-state index in [0.29, 0.717) is 0 Å². The number of hydrogen-bond acceptors (Lipinski definition) is 10. The van der Waals surface area contributed by atoms with E-state index in [1.807, 2.05) is 0 Å². The Morgan fingerprint density at radius 2 is 1.05 bits per heavy atom. The molecule has 114 valence electrons. The van der Waals surface area contributed by atoms with Gasteiger partial charge in [-0.15, -0.1) is 0 Å². The quantitative estimate of drug-likeness (QED) is 0.214. The maximum Gasteiger partial charge on any atom is 0.337 e. The van der Waals surface area contributed by atoms with Gasteiger partial charge in [0.25, 0.3) is 0 Å². The van der Waals surface area contributed by atoms with Crippen LogP contribution in [0.4, 0.5) is 0 Å². The highest BCUT2D eigenvalue weighted by Crippen LogP contribution is 2.07. The Hall–Kier alpha value is -1.30. The van der Waals surface area contributed by atoms with Crippen molar-refractivity contribution in [1.82, 2.24) is 0 Å². The van der Waals surface area contributed by atoms with Crippen LogP contribution in [0.15, 0.2) is 0 Å². The molecule has 0 saturated heterocycles. The van der Waals surface area contributed by atoms with E-state index in [1.54, 1.807) is 0 Å². The van der Waals surface area contributed by atoms with Gasteiger partial charge in [0, 0.05) is 0 Å². The van der Waals surface area contributed by atoms with Crippen molar-refractivity contribution in [2.45, 2.75) is 24.4 Å². The van der Waals surface area contributed by atoms with Crippen LogP contribution in [0.2, 0.25) is 0 Å². The van der Waals surface area contributed by atoms with E-state index in [2.05, 4.69) is 9.47 Å². The van der Waals surface area contributed by atoms with Crippen LogP contribution in [-0.2, 0) is 19.1 Å². The Balaban J connectivity index is 0. The molecular weight excluding hydrogens is 268 g/mol. The van der Waals surface area contributed by atoms with E-state index in [9.17, 15) is 19.8 Å². The highest BCUT2D eigenvalue weighted by molar-refractivity contribution is 5.77. The van der Waals surface area contributed by atoms with Gasteiger partial charge < -0.3 is 40.1 Å². The Kier molecular flexibility index (Phi) is 11.2. The minimum atomic E-state index is -2.07. The zero-order valence-electron chi connectivity index (χ0n) is 10.3. The molecule has 4 unspecified atom stereocenters. The first-order chi connectivity index (χ1) is 8.78. The van der Waals surface area contributed by atoms with Gasteiger partial charge in [-0.1, -0.05) is 0 Å². The largest absolute Gasteiger partial charge is 0.467 e. The standard InChI is InChI=1S/C8H14O8.CH4O2/c1-15-7(13)5(11)3(9)4(10)6(12)8(14)16-2;2-1-3/h3-6,9-12H,1-2H3;2-3H,1H2. The Morgan fingerprint density at radius 3 is 1.21 bits per heavy atom. The predicted octanol–water partition coefficient (Wildman–Crippen LogP) is -4.30. The van der Waals surface area contributed by atoms with Gasteiger partial charge in [-0.05, 0) is 0 Å². The van der Waals surface area contributed by atoms with E-state index in [1.165, 1.54) is 0 Å². The minimum Gasteiger partial charge on any atom is -0.467 e. The monoisotopic (exact) mass is 286 g/mol. The molecule has 0 amide bonds. The van der Waals surface area contributed by atoms with E-state index < -0.39 is 43.1 Å². The summed E-state index contributed by atoms with van der Waals surface area (Å²) in [5, 5.41) is 50.9. The lowest BCUT2D eigenvalue weighted by Crippen LogP contribution is -2.50. The molecular formula is C9H18O10. The third-order valence-electron chi connectivity index (χ3n) is 1.88. The van der Waals surface area contributed by atoms with Crippen LogP contribution >= 0.6 is 0 Å². The van der Waals surface area contributed by atoms with Crippen LogP contribution in [-0.4, -0.2) is 88.0 Å². The summed E-state index contributed by atoms with van der Waals surface area (Å²) >= 11 is 0. The fraction of sp³-hybridized carbons (Fsp3) is 0.778. The fourth-order valence-corrected chi connectivity index (χ4v) is 0.894. The summed E-state index contributed by atoms with van der Waals surface area (Å²) < 4.78 is 8.18. The molecule has 0 fully saturated rings. The van der Waals surface area contributed by atoms with Crippen LogP contribution in [0.25, 0.3) is 0 Å². The number of hydrogen-bond donors (Lipinski definition) is 6. The molecule has 4 atom stereocenters. The molecule has 0 aliphatic rings. The van der Waals surface area contributed by atoms with Crippen molar-refractivity contribution < 1.29 is 49.7 Å². The maximum atomic E-state index is 10.8. The highest BCUT2D eigenvalue weighted by atomic mass is 16.5. The summed E-state index contributed by atoms with van der Waals surface area (Å²) in [5.41, 5.74) is 0. The van der Waals surface area contributed by atoms with Crippen molar-refractivity contribution >= 4 is 11.9 Å². The summed E-state index contributed by atoms with van der Waals surface area (Å²) in [6.07, 6.45) is -8.28.